The summed E-state index contributed by atoms with van der Waals surface area (Å²) in [6, 6.07) is 31.1. The second-order valence-electron chi connectivity index (χ2n) is 6.44. The summed E-state index contributed by atoms with van der Waals surface area (Å²) < 4.78 is 1.97. The van der Waals surface area contributed by atoms with Crippen molar-refractivity contribution in [2.45, 2.75) is 5.54 Å². The minimum atomic E-state index is -0.636. The first-order chi connectivity index (χ1) is 13.9. The van der Waals surface area contributed by atoms with E-state index in [0.29, 0.717) is 0 Å². The maximum absolute atomic E-state index is 9.03. The molecule has 0 saturated heterocycles. The van der Waals surface area contributed by atoms with Crippen molar-refractivity contribution < 1.29 is 5.11 Å². The molecule has 3 heteroatoms. The lowest BCUT2D eigenvalue weighted by atomic mass is 9.77. The SMILES string of the molecule is OCC#Cc1cnn(C(c2ccccc2)(c2ccccc2)c2ccccc2)c1. The first kappa shape index (κ1) is 17.8. The zero-order valence-corrected chi connectivity index (χ0v) is 15.4. The topological polar surface area (TPSA) is 38.1 Å². The molecule has 3 aromatic carbocycles. The van der Waals surface area contributed by atoms with Crippen molar-refractivity contribution in [2.24, 2.45) is 0 Å². The number of aromatic nitrogens is 2. The third kappa shape index (κ3) is 3.11. The maximum Gasteiger partial charge on any atom is 0.138 e. The Labute approximate surface area is 164 Å². The summed E-state index contributed by atoms with van der Waals surface area (Å²) in [6.07, 6.45) is 3.68. The second kappa shape index (κ2) is 7.96. The van der Waals surface area contributed by atoms with Crippen LogP contribution in [0.1, 0.15) is 22.3 Å². The summed E-state index contributed by atoms with van der Waals surface area (Å²) >= 11 is 0. The highest BCUT2D eigenvalue weighted by Gasteiger charge is 2.39. The van der Waals surface area contributed by atoms with E-state index in [-0.39, 0.29) is 6.61 Å². The van der Waals surface area contributed by atoms with E-state index in [9.17, 15) is 0 Å². The number of hydrogen-bond donors (Lipinski definition) is 1. The first-order valence-electron chi connectivity index (χ1n) is 9.17. The van der Waals surface area contributed by atoms with Gasteiger partial charge in [0.1, 0.15) is 12.1 Å². The maximum atomic E-state index is 9.03. The standard InChI is InChI=1S/C25H20N2O/c28-18-10-11-21-19-26-27(20-21)25(22-12-4-1-5-13-22,23-14-6-2-7-15-23)24-16-8-3-9-17-24/h1-9,12-17,19-20,28H,18H2. The smallest absolute Gasteiger partial charge is 0.138 e. The molecular weight excluding hydrogens is 344 g/mol. The fraction of sp³-hybridized carbons (Fsp3) is 0.0800. The van der Waals surface area contributed by atoms with Crippen LogP contribution >= 0.6 is 0 Å². The van der Waals surface area contributed by atoms with Crippen molar-refractivity contribution in [1.29, 1.82) is 0 Å². The van der Waals surface area contributed by atoms with Gasteiger partial charge in [0.25, 0.3) is 0 Å². The van der Waals surface area contributed by atoms with Gasteiger partial charge in [-0.05, 0) is 16.7 Å². The van der Waals surface area contributed by atoms with Crippen molar-refractivity contribution in [3.8, 4) is 11.8 Å². The average molecular weight is 364 g/mol. The van der Waals surface area contributed by atoms with Crippen molar-refractivity contribution in [3.63, 3.8) is 0 Å². The van der Waals surface area contributed by atoms with E-state index >= 15 is 0 Å². The zero-order valence-electron chi connectivity index (χ0n) is 15.4. The Balaban J connectivity index is 2.06. The molecule has 1 aromatic heterocycles. The molecule has 0 aliphatic rings. The molecule has 1 heterocycles. The van der Waals surface area contributed by atoms with Crippen LogP contribution in [0.15, 0.2) is 103 Å². The molecule has 4 aromatic rings. The highest BCUT2D eigenvalue weighted by molar-refractivity contribution is 5.50. The molecule has 0 spiro atoms. The van der Waals surface area contributed by atoms with E-state index in [1.807, 2.05) is 65.5 Å². The summed E-state index contributed by atoms with van der Waals surface area (Å²) in [4.78, 5) is 0. The largest absolute Gasteiger partial charge is 0.384 e. The second-order valence-corrected chi connectivity index (χ2v) is 6.44. The Hall–Kier alpha value is -3.61. The molecular formula is C25H20N2O. The molecule has 136 valence electrons. The molecule has 0 bridgehead atoms. The number of aliphatic hydroxyl groups excluding tert-OH is 1. The van der Waals surface area contributed by atoms with E-state index in [2.05, 4.69) is 48.2 Å². The number of rotatable bonds is 4. The van der Waals surface area contributed by atoms with E-state index in [4.69, 9.17) is 10.2 Å². The lowest BCUT2D eigenvalue weighted by Gasteiger charge is -2.36. The molecule has 28 heavy (non-hydrogen) atoms. The Bertz CT molecular complexity index is 994. The summed E-state index contributed by atoms with van der Waals surface area (Å²) in [7, 11) is 0. The van der Waals surface area contributed by atoms with E-state index in [0.717, 1.165) is 22.3 Å². The summed E-state index contributed by atoms with van der Waals surface area (Å²) in [6.45, 7) is -0.174. The summed E-state index contributed by atoms with van der Waals surface area (Å²) in [5.41, 5.74) is 3.45. The van der Waals surface area contributed by atoms with Gasteiger partial charge < -0.3 is 5.11 Å². The number of hydrogen-bond acceptors (Lipinski definition) is 2. The molecule has 0 saturated carbocycles. The number of aliphatic hydroxyl groups is 1. The lowest BCUT2D eigenvalue weighted by Crippen LogP contribution is -2.38. The minimum Gasteiger partial charge on any atom is -0.384 e. The van der Waals surface area contributed by atoms with Crippen LogP contribution in [0.3, 0.4) is 0 Å². The van der Waals surface area contributed by atoms with Crippen LogP contribution in [-0.2, 0) is 5.54 Å². The van der Waals surface area contributed by atoms with E-state index in [1.54, 1.807) is 6.20 Å². The molecule has 0 aliphatic carbocycles. The van der Waals surface area contributed by atoms with E-state index < -0.39 is 5.54 Å². The molecule has 0 fully saturated rings. The van der Waals surface area contributed by atoms with Crippen LogP contribution in [0.25, 0.3) is 0 Å². The van der Waals surface area contributed by atoms with Gasteiger partial charge in [0.05, 0.1) is 11.8 Å². The summed E-state index contributed by atoms with van der Waals surface area (Å²) in [5.74, 6) is 5.66. The van der Waals surface area contributed by atoms with Crippen molar-refractivity contribution in [1.82, 2.24) is 9.78 Å². The van der Waals surface area contributed by atoms with Crippen LogP contribution in [-0.4, -0.2) is 21.5 Å². The molecule has 0 unspecified atom stereocenters. The quantitative estimate of drug-likeness (QED) is 0.438. The van der Waals surface area contributed by atoms with Crippen LogP contribution in [0.4, 0.5) is 0 Å². The van der Waals surface area contributed by atoms with Gasteiger partial charge in [-0.2, -0.15) is 5.10 Å². The predicted molar refractivity (Wildman–Crippen MR) is 111 cm³/mol. The monoisotopic (exact) mass is 364 g/mol. The molecule has 1 N–H and O–H groups in total. The fourth-order valence-electron chi connectivity index (χ4n) is 3.65. The molecule has 0 amide bonds. The third-order valence-electron chi connectivity index (χ3n) is 4.81. The van der Waals surface area contributed by atoms with Gasteiger partial charge in [0.15, 0.2) is 0 Å². The Morgan fingerprint density at radius 3 is 1.64 bits per heavy atom. The molecule has 0 aliphatic heterocycles. The third-order valence-corrected chi connectivity index (χ3v) is 4.81. The summed E-state index contributed by atoms with van der Waals surface area (Å²) in [5, 5.41) is 13.7. The van der Waals surface area contributed by atoms with Gasteiger partial charge in [0.2, 0.25) is 0 Å². The zero-order chi connectivity index (χ0) is 19.2. The number of benzene rings is 3. The van der Waals surface area contributed by atoms with Gasteiger partial charge in [0, 0.05) is 6.20 Å². The molecule has 0 atom stereocenters. The average Bonchev–Trinajstić information content (AvgIpc) is 3.24. The Morgan fingerprint density at radius 1 is 0.750 bits per heavy atom. The molecule has 4 rings (SSSR count). The van der Waals surface area contributed by atoms with Crippen LogP contribution in [0.2, 0.25) is 0 Å². The van der Waals surface area contributed by atoms with Gasteiger partial charge in [-0.25, -0.2) is 0 Å². The van der Waals surface area contributed by atoms with Gasteiger partial charge in [-0.1, -0.05) is 103 Å². The van der Waals surface area contributed by atoms with Crippen LogP contribution in [0.5, 0.6) is 0 Å². The molecule has 0 radical (unpaired) electrons. The van der Waals surface area contributed by atoms with Crippen molar-refractivity contribution >= 4 is 0 Å². The van der Waals surface area contributed by atoms with Crippen LogP contribution in [0, 0.1) is 11.8 Å². The van der Waals surface area contributed by atoms with Crippen LogP contribution < -0.4 is 0 Å². The highest BCUT2D eigenvalue weighted by Crippen LogP contribution is 2.40. The predicted octanol–water partition coefficient (Wildman–Crippen LogP) is 4.07. The lowest BCUT2D eigenvalue weighted by molar-refractivity contribution is 0.350. The Morgan fingerprint density at radius 2 is 1.21 bits per heavy atom. The molecule has 3 nitrogen and oxygen atoms in total. The minimum absolute atomic E-state index is 0.174. The fourth-order valence-corrected chi connectivity index (χ4v) is 3.65. The highest BCUT2D eigenvalue weighted by atomic mass is 16.2. The van der Waals surface area contributed by atoms with E-state index in [1.165, 1.54) is 0 Å². The van der Waals surface area contributed by atoms with Crippen molar-refractivity contribution in [2.75, 3.05) is 6.61 Å². The van der Waals surface area contributed by atoms with Gasteiger partial charge >= 0.3 is 0 Å². The Kier molecular flexibility index (Phi) is 5.05. The van der Waals surface area contributed by atoms with Gasteiger partial charge in [-0.15, -0.1) is 0 Å². The van der Waals surface area contributed by atoms with Crippen molar-refractivity contribution in [3.05, 3.63) is 126 Å². The van der Waals surface area contributed by atoms with Gasteiger partial charge in [-0.3, -0.25) is 4.68 Å². The normalized spacial score (nSPS) is 10.9. The first-order valence-corrected chi connectivity index (χ1v) is 9.17. The number of nitrogens with zero attached hydrogens (tertiary/aromatic N) is 2.